The SMILES string of the molecule is CC1CC(C)C(C)N(CCC(C)(C)N)C1. The van der Waals surface area contributed by atoms with Crippen LogP contribution in [0.5, 0.6) is 0 Å². The molecule has 0 saturated carbocycles. The lowest BCUT2D eigenvalue weighted by Gasteiger charge is -2.42. The van der Waals surface area contributed by atoms with E-state index in [-0.39, 0.29) is 5.54 Å². The van der Waals surface area contributed by atoms with E-state index in [1.165, 1.54) is 13.0 Å². The number of nitrogens with zero attached hydrogens (tertiary/aromatic N) is 1. The van der Waals surface area contributed by atoms with Gasteiger partial charge in [-0.1, -0.05) is 13.8 Å². The van der Waals surface area contributed by atoms with Crippen LogP contribution in [0.3, 0.4) is 0 Å². The van der Waals surface area contributed by atoms with Crippen LogP contribution in [0.1, 0.15) is 47.5 Å². The van der Waals surface area contributed by atoms with Crippen LogP contribution in [-0.4, -0.2) is 29.6 Å². The molecule has 1 heterocycles. The van der Waals surface area contributed by atoms with Gasteiger partial charge in [0.05, 0.1) is 0 Å². The predicted molar refractivity (Wildman–Crippen MR) is 66.9 cm³/mol. The molecule has 2 N–H and O–H groups in total. The van der Waals surface area contributed by atoms with E-state index < -0.39 is 0 Å². The van der Waals surface area contributed by atoms with Gasteiger partial charge in [-0.15, -0.1) is 0 Å². The monoisotopic (exact) mass is 212 g/mol. The molecule has 1 aliphatic rings. The van der Waals surface area contributed by atoms with E-state index in [9.17, 15) is 0 Å². The van der Waals surface area contributed by atoms with Gasteiger partial charge < -0.3 is 10.6 Å². The summed E-state index contributed by atoms with van der Waals surface area (Å²) in [6.07, 6.45) is 2.47. The summed E-state index contributed by atoms with van der Waals surface area (Å²) in [6, 6.07) is 0.726. The normalized spacial score (nSPS) is 34.4. The molecule has 2 nitrogen and oxygen atoms in total. The first kappa shape index (κ1) is 13.0. The Morgan fingerprint density at radius 3 is 2.40 bits per heavy atom. The number of hydrogen-bond donors (Lipinski definition) is 1. The number of hydrogen-bond acceptors (Lipinski definition) is 2. The fraction of sp³-hybridized carbons (Fsp3) is 1.00. The summed E-state index contributed by atoms with van der Waals surface area (Å²) in [5.74, 6) is 1.67. The van der Waals surface area contributed by atoms with Gasteiger partial charge in [-0.2, -0.15) is 0 Å². The number of piperidine rings is 1. The molecule has 0 spiro atoms. The van der Waals surface area contributed by atoms with Crippen LogP contribution >= 0.6 is 0 Å². The number of rotatable bonds is 3. The van der Waals surface area contributed by atoms with E-state index in [4.69, 9.17) is 5.73 Å². The van der Waals surface area contributed by atoms with Crippen molar-refractivity contribution >= 4 is 0 Å². The second-order valence-corrected chi connectivity index (χ2v) is 6.29. The predicted octanol–water partition coefficient (Wildman–Crippen LogP) is 2.48. The molecule has 0 aromatic heterocycles. The zero-order valence-corrected chi connectivity index (χ0v) is 11.1. The third-order valence-electron chi connectivity index (χ3n) is 3.76. The molecule has 0 aromatic rings. The lowest BCUT2D eigenvalue weighted by Crippen LogP contribution is -2.48. The molecule has 2 heteroatoms. The van der Waals surface area contributed by atoms with Gasteiger partial charge in [-0.3, -0.25) is 0 Å². The Labute approximate surface area is 95.2 Å². The Bertz CT molecular complexity index is 195. The van der Waals surface area contributed by atoms with Gasteiger partial charge in [0.25, 0.3) is 0 Å². The van der Waals surface area contributed by atoms with E-state index >= 15 is 0 Å². The smallest absolute Gasteiger partial charge is 0.0109 e. The van der Waals surface area contributed by atoms with E-state index in [0.29, 0.717) is 0 Å². The molecular weight excluding hydrogens is 184 g/mol. The van der Waals surface area contributed by atoms with E-state index in [1.54, 1.807) is 0 Å². The summed E-state index contributed by atoms with van der Waals surface area (Å²) >= 11 is 0. The first-order chi connectivity index (χ1) is 6.79. The maximum atomic E-state index is 6.04. The maximum absolute atomic E-state index is 6.04. The van der Waals surface area contributed by atoms with Crippen LogP contribution in [0.4, 0.5) is 0 Å². The maximum Gasteiger partial charge on any atom is 0.0109 e. The first-order valence-corrected chi connectivity index (χ1v) is 6.32. The highest BCUT2D eigenvalue weighted by atomic mass is 15.2. The Morgan fingerprint density at radius 1 is 1.27 bits per heavy atom. The Balaban J connectivity index is 2.45. The summed E-state index contributed by atoms with van der Waals surface area (Å²) in [5, 5.41) is 0. The summed E-state index contributed by atoms with van der Waals surface area (Å²) in [7, 11) is 0. The number of likely N-dealkylation sites (tertiary alicyclic amines) is 1. The quantitative estimate of drug-likeness (QED) is 0.779. The minimum Gasteiger partial charge on any atom is -0.326 e. The van der Waals surface area contributed by atoms with Gasteiger partial charge in [-0.25, -0.2) is 0 Å². The Kier molecular flexibility index (Phi) is 4.19. The fourth-order valence-corrected chi connectivity index (χ4v) is 2.56. The third-order valence-corrected chi connectivity index (χ3v) is 3.76. The Morgan fingerprint density at radius 2 is 1.87 bits per heavy atom. The van der Waals surface area contributed by atoms with Crippen molar-refractivity contribution in [3.63, 3.8) is 0 Å². The number of nitrogens with two attached hydrogens (primary N) is 1. The van der Waals surface area contributed by atoms with Gasteiger partial charge in [0.1, 0.15) is 0 Å². The molecule has 0 amide bonds. The highest BCUT2D eigenvalue weighted by Crippen LogP contribution is 2.27. The van der Waals surface area contributed by atoms with Crippen molar-refractivity contribution in [1.82, 2.24) is 4.90 Å². The zero-order chi connectivity index (χ0) is 11.6. The van der Waals surface area contributed by atoms with Crippen molar-refractivity contribution in [1.29, 1.82) is 0 Å². The minimum absolute atomic E-state index is 0.0242. The van der Waals surface area contributed by atoms with E-state index in [0.717, 1.165) is 30.8 Å². The topological polar surface area (TPSA) is 29.3 Å². The first-order valence-electron chi connectivity index (χ1n) is 6.32. The molecule has 3 atom stereocenters. The molecule has 1 aliphatic heterocycles. The van der Waals surface area contributed by atoms with Crippen molar-refractivity contribution in [2.45, 2.75) is 59.0 Å². The molecule has 0 radical (unpaired) electrons. The summed E-state index contributed by atoms with van der Waals surface area (Å²) < 4.78 is 0. The van der Waals surface area contributed by atoms with Crippen molar-refractivity contribution < 1.29 is 0 Å². The minimum atomic E-state index is -0.0242. The van der Waals surface area contributed by atoms with Crippen LogP contribution in [0.15, 0.2) is 0 Å². The van der Waals surface area contributed by atoms with Crippen molar-refractivity contribution in [3.05, 3.63) is 0 Å². The fourth-order valence-electron chi connectivity index (χ4n) is 2.56. The molecule has 1 saturated heterocycles. The molecule has 15 heavy (non-hydrogen) atoms. The molecule has 0 bridgehead atoms. The molecule has 1 rings (SSSR count). The zero-order valence-electron chi connectivity index (χ0n) is 11.1. The van der Waals surface area contributed by atoms with E-state index in [2.05, 4.69) is 39.5 Å². The largest absolute Gasteiger partial charge is 0.326 e. The molecule has 90 valence electrons. The van der Waals surface area contributed by atoms with Crippen molar-refractivity contribution in [2.75, 3.05) is 13.1 Å². The van der Waals surface area contributed by atoms with Crippen LogP contribution in [0.25, 0.3) is 0 Å². The lowest BCUT2D eigenvalue weighted by atomic mass is 9.85. The standard InChI is InChI=1S/C13H28N2/c1-10-8-11(2)12(3)15(9-10)7-6-13(4,5)14/h10-12H,6-9,14H2,1-5H3. The lowest BCUT2D eigenvalue weighted by molar-refractivity contribution is 0.0738. The molecule has 3 unspecified atom stereocenters. The third kappa shape index (κ3) is 4.12. The van der Waals surface area contributed by atoms with Gasteiger partial charge >= 0.3 is 0 Å². The molecule has 0 aliphatic carbocycles. The highest BCUT2D eigenvalue weighted by molar-refractivity contribution is 4.84. The van der Waals surface area contributed by atoms with E-state index in [1.807, 2.05) is 0 Å². The van der Waals surface area contributed by atoms with Gasteiger partial charge in [0.15, 0.2) is 0 Å². The van der Waals surface area contributed by atoms with Crippen LogP contribution in [0, 0.1) is 11.8 Å². The van der Waals surface area contributed by atoms with Crippen LogP contribution < -0.4 is 5.73 Å². The summed E-state index contributed by atoms with van der Waals surface area (Å²) in [5.41, 5.74) is 6.02. The van der Waals surface area contributed by atoms with Crippen LogP contribution in [0.2, 0.25) is 0 Å². The average Bonchev–Trinajstić information content (AvgIpc) is 2.07. The molecular formula is C13H28N2. The summed E-state index contributed by atoms with van der Waals surface area (Å²) in [4.78, 5) is 2.62. The van der Waals surface area contributed by atoms with Gasteiger partial charge in [-0.05, 0) is 45.4 Å². The van der Waals surface area contributed by atoms with Gasteiger partial charge in [0, 0.05) is 24.7 Å². The van der Waals surface area contributed by atoms with Crippen LogP contribution in [-0.2, 0) is 0 Å². The molecule has 0 aromatic carbocycles. The molecule has 1 fully saturated rings. The van der Waals surface area contributed by atoms with Gasteiger partial charge in [0.2, 0.25) is 0 Å². The second kappa shape index (κ2) is 4.84. The summed E-state index contributed by atoms with van der Waals surface area (Å²) in [6.45, 7) is 13.7. The average molecular weight is 212 g/mol. The second-order valence-electron chi connectivity index (χ2n) is 6.29. The van der Waals surface area contributed by atoms with Crippen molar-refractivity contribution in [2.24, 2.45) is 17.6 Å². The van der Waals surface area contributed by atoms with Crippen molar-refractivity contribution in [3.8, 4) is 0 Å². The Hall–Kier alpha value is -0.0800. The highest BCUT2D eigenvalue weighted by Gasteiger charge is 2.29.